The molecule has 0 spiro atoms. The second kappa shape index (κ2) is 56.1. The number of hydrogen-bond donors (Lipinski definition) is 3. The maximum absolute atomic E-state index is 13.2. The number of esters is 3. The molecule has 6 unspecified atom stereocenters. The quantitative estimate of drug-likeness (QED) is 0.0228. The van der Waals surface area contributed by atoms with Gasteiger partial charge in [0, 0.05) is 19.3 Å². The minimum Gasteiger partial charge on any atom is -0.479 e. The summed E-state index contributed by atoms with van der Waals surface area (Å²) < 4.78 is 28.5. The number of aliphatic hydroxyl groups excluding tert-OH is 2. The van der Waals surface area contributed by atoms with Crippen LogP contribution < -0.4 is 0 Å². The van der Waals surface area contributed by atoms with Crippen LogP contribution in [0.1, 0.15) is 265 Å². The molecule has 1 fully saturated rings. The van der Waals surface area contributed by atoms with E-state index in [-0.39, 0.29) is 25.9 Å². The van der Waals surface area contributed by atoms with E-state index in [0.29, 0.717) is 19.3 Å². The van der Waals surface area contributed by atoms with Gasteiger partial charge in [0.2, 0.25) is 0 Å². The molecule has 1 rings (SSSR count). The minimum absolute atomic E-state index is 0.0555. The standard InChI is InChI=1S/C69H114O12/c1-4-7-10-13-16-19-22-25-28-30-31-33-35-37-40-43-46-49-52-55-61(70)77-58-60(79-62(71)56-53-50-47-44-41-39-36-32-29-26-23-20-17-14-11-8-5-2)59-78-69-67(65(74)64(73)66(81-69)68(75)76)80-63(72)57-54-51-48-45-42-38-34-27-24-21-18-15-12-9-6-3/h7-8,10-11,16-17,19-20,25-26,28-29,31,33,36,39,60,64-67,69,73-74H,4-6,9,12-15,18,21-24,27,30,32,34-35,37-38,40-59H2,1-3H3,(H,75,76)/b10-7-,11-8-,19-16-,20-17-,28-25-,29-26-,33-31-,39-36-. The molecule has 0 amide bonds. The zero-order chi connectivity index (χ0) is 58.9. The van der Waals surface area contributed by atoms with Crippen LogP contribution in [0.2, 0.25) is 0 Å². The molecule has 12 heteroatoms. The Kier molecular flexibility index (Phi) is 51.7. The van der Waals surface area contributed by atoms with E-state index in [4.69, 9.17) is 23.7 Å². The van der Waals surface area contributed by atoms with Crippen molar-refractivity contribution in [3.8, 4) is 0 Å². The highest BCUT2D eigenvalue weighted by Gasteiger charge is 2.50. The Labute approximate surface area is 492 Å². The molecule has 1 heterocycles. The van der Waals surface area contributed by atoms with Gasteiger partial charge in [-0.3, -0.25) is 14.4 Å². The normalized spacial score (nSPS) is 18.4. The number of carboxylic acids is 1. The van der Waals surface area contributed by atoms with Crippen LogP contribution in [0.4, 0.5) is 0 Å². The second-order valence-electron chi connectivity index (χ2n) is 21.6. The third-order valence-corrected chi connectivity index (χ3v) is 14.2. The monoisotopic (exact) mass is 1130 g/mol. The molecular formula is C69H114O12. The highest BCUT2D eigenvalue weighted by molar-refractivity contribution is 5.74. The van der Waals surface area contributed by atoms with Gasteiger partial charge in [-0.05, 0) is 96.3 Å². The maximum Gasteiger partial charge on any atom is 0.335 e. The molecule has 12 nitrogen and oxygen atoms in total. The second-order valence-corrected chi connectivity index (χ2v) is 21.6. The summed E-state index contributed by atoms with van der Waals surface area (Å²) in [4.78, 5) is 51.3. The summed E-state index contributed by atoms with van der Waals surface area (Å²) in [6.07, 6.45) is 62.2. The fourth-order valence-corrected chi connectivity index (χ4v) is 9.29. The summed E-state index contributed by atoms with van der Waals surface area (Å²) in [5, 5.41) is 31.6. The molecule has 0 bridgehead atoms. The molecule has 1 aliphatic rings. The Morgan fingerprint density at radius 3 is 1.19 bits per heavy atom. The van der Waals surface area contributed by atoms with Crippen molar-refractivity contribution in [3.63, 3.8) is 0 Å². The Balaban J connectivity index is 2.69. The van der Waals surface area contributed by atoms with E-state index >= 15 is 0 Å². The van der Waals surface area contributed by atoms with Crippen molar-refractivity contribution in [1.82, 2.24) is 0 Å². The predicted molar refractivity (Wildman–Crippen MR) is 331 cm³/mol. The fourth-order valence-electron chi connectivity index (χ4n) is 9.29. The van der Waals surface area contributed by atoms with Crippen molar-refractivity contribution < 1.29 is 58.2 Å². The highest BCUT2D eigenvalue weighted by atomic mass is 16.7. The molecule has 81 heavy (non-hydrogen) atoms. The lowest BCUT2D eigenvalue weighted by molar-refractivity contribution is -0.301. The number of carbonyl (C=O) groups is 4. The van der Waals surface area contributed by atoms with Gasteiger partial charge in [0.05, 0.1) is 6.61 Å². The lowest BCUT2D eigenvalue weighted by atomic mass is 9.98. The summed E-state index contributed by atoms with van der Waals surface area (Å²) in [5.41, 5.74) is 0. The van der Waals surface area contributed by atoms with Gasteiger partial charge in [0.25, 0.3) is 0 Å². The molecule has 0 aliphatic carbocycles. The first-order chi connectivity index (χ1) is 39.6. The van der Waals surface area contributed by atoms with E-state index in [1.165, 1.54) is 64.2 Å². The smallest absolute Gasteiger partial charge is 0.335 e. The largest absolute Gasteiger partial charge is 0.479 e. The SMILES string of the molecule is CC/C=C\C/C=C\C/C=C\C/C=C\CCCCCCCCC(=O)OCC(COC1OC(C(=O)O)C(O)C(O)C1OC(=O)CCCCCCCCCCCCCCCCC)OC(=O)CCCCCC/C=C\C/C=C\C/C=C\C/C=C\CC. The van der Waals surface area contributed by atoms with Crippen LogP contribution in [-0.2, 0) is 42.9 Å². The van der Waals surface area contributed by atoms with Crippen LogP contribution in [-0.4, -0.2) is 89.2 Å². The predicted octanol–water partition coefficient (Wildman–Crippen LogP) is 17.2. The number of hydrogen-bond acceptors (Lipinski definition) is 11. The number of aliphatic carboxylic acids is 1. The summed E-state index contributed by atoms with van der Waals surface area (Å²) in [6, 6.07) is 0. The van der Waals surface area contributed by atoms with Gasteiger partial charge in [0.15, 0.2) is 24.6 Å². The summed E-state index contributed by atoms with van der Waals surface area (Å²) in [5.74, 6) is -3.16. The number of unbranched alkanes of at least 4 members (excludes halogenated alkanes) is 24. The lowest BCUT2D eigenvalue weighted by Gasteiger charge is -2.40. The van der Waals surface area contributed by atoms with Gasteiger partial charge in [0.1, 0.15) is 18.8 Å². The van der Waals surface area contributed by atoms with E-state index < -0.39 is 67.3 Å². The minimum atomic E-state index is -1.91. The third kappa shape index (κ3) is 45.8. The first-order valence-electron chi connectivity index (χ1n) is 32.2. The van der Waals surface area contributed by atoms with Gasteiger partial charge in [-0.25, -0.2) is 4.79 Å². The van der Waals surface area contributed by atoms with E-state index in [9.17, 15) is 34.5 Å². The molecule has 462 valence electrons. The van der Waals surface area contributed by atoms with Gasteiger partial charge in [-0.2, -0.15) is 0 Å². The first-order valence-corrected chi connectivity index (χ1v) is 32.2. The van der Waals surface area contributed by atoms with Crippen LogP contribution in [0.5, 0.6) is 0 Å². The third-order valence-electron chi connectivity index (χ3n) is 14.2. The summed E-state index contributed by atoms with van der Waals surface area (Å²) in [7, 11) is 0. The van der Waals surface area contributed by atoms with Crippen LogP contribution in [0.25, 0.3) is 0 Å². The summed E-state index contributed by atoms with van der Waals surface area (Å²) in [6.45, 7) is 5.76. The van der Waals surface area contributed by atoms with Crippen molar-refractivity contribution in [3.05, 3.63) is 97.2 Å². The number of aliphatic hydroxyl groups is 2. The van der Waals surface area contributed by atoms with Crippen molar-refractivity contribution in [2.45, 2.75) is 302 Å². The van der Waals surface area contributed by atoms with Gasteiger partial charge in [-0.1, -0.05) is 246 Å². The van der Waals surface area contributed by atoms with Crippen LogP contribution in [0, 0.1) is 0 Å². The van der Waals surface area contributed by atoms with Crippen molar-refractivity contribution >= 4 is 23.9 Å². The van der Waals surface area contributed by atoms with Gasteiger partial charge < -0.3 is 39.0 Å². The van der Waals surface area contributed by atoms with E-state index in [1.54, 1.807) is 0 Å². The Hall–Kier alpha value is -4.36. The van der Waals surface area contributed by atoms with Crippen molar-refractivity contribution in [2.24, 2.45) is 0 Å². The van der Waals surface area contributed by atoms with Crippen molar-refractivity contribution in [2.75, 3.05) is 13.2 Å². The zero-order valence-corrected chi connectivity index (χ0v) is 51.0. The Morgan fingerprint density at radius 1 is 0.420 bits per heavy atom. The molecule has 1 saturated heterocycles. The van der Waals surface area contributed by atoms with Gasteiger partial charge >= 0.3 is 23.9 Å². The molecule has 3 N–H and O–H groups in total. The van der Waals surface area contributed by atoms with Crippen molar-refractivity contribution in [1.29, 1.82) is 0 Å². The van der Waals surface area contributed by atoms with Gasteiger partial charge in [-0.15, -0.1) is 0 Å². The molecular weight excluding hydrogens is 1020 g/mol. The number of carbonyl (C=O) groups excluding carboxylic acids is 3. The average Bonchev–Trinajstić information content (AvgIpc) is 3.53. The molecule has 0 radical (unpaired) electrons. The molecule has 0 aromatic heterocycles. The number of rotatable bonds is 54. The number of carboxylic acid groups (broad SMARTS) is 1. The lowest BCUT2D eigenvalue weighted by Crippen LogP contribution is -2.61. The van der Waals surface area contributed by atoms with E-state index in [0.717, 1.165) is 141 Å². The fraction of sp³-hybridized carbons (Fsp3) is 0.710. The molecule has 0 saturated carbocycles. The average molecular weight is 1140 g/mol. The molecule has 0 aromatic rings. The Morgan fingerprint density at radius 2 is 0.778 bits per heavy atom. The topological polar surface area (TPSA) is 175 Å². The number of allylic oxidation sites excluding steroid dienone is 16. The van der Waals surface area contributed by atoms with Crippen LogP contribution in [0.3, 0.4) is 0 Å². The van der Waals surface area contributed by atoms with E-state index in [1.807, 2.05) is 0 Å². The van der Waals surface area contributed by atoms with Crippen LogP contribution >= 0.6 is 0 Å². The molecule has 6 atom stereocenters. The molecule has 0 aromatic carbocycles. The summed E-state index contributed by atoms with van der Waals surface area (Å²) >= 11 is 0. The number of ether oxygens (including phenoxy) is 5. The zero-order valence-electron chi connectivity index (χ0n) is 51.0. The maximum atomic E-state index is 13.2. The van der Waals surface area contributed by atoms with E-state index in [2.05, 4.69) is 118 Å². The first kappa shape index (κ1) is 74.7. The van der Waals surface area contributed by atoms with Crippen LogP contribution in [0.15, 0.2) is 97.2 Å². The highest BCUT2D eigenvalue weighted by Crippen LogP contribution is 2.27. The molecule has 1 aliphatic heterocycles. The Bertz CT molecular complexity index is 1780.